The van der Waals surface area contributed by atoms with Gasteiger partial charge in [0.05, 0.1) is 12.2 Å². The minimum Gasteiger partial charge on any atom is -0.493 e. The van der Waals surface area contributed by atoms with Gasteiger partial charge in [-0.05, 0) is 25.3 Å². The zero-order valence-electron chi connectivity index (χ0n) is 10.9. The maximum absolute atomic E-state index is 10.5. The van der Waals surface area contributed by atoms with Gasteiger partial charge in [0.1, 0.15) is 11.9 Å². The first-order chi connectivity index (χ1) is 8.67. The molecule has 1 aliphatic rings. The fraction of sp³-hybridized carbons (Fsp3) is 0.600. The lowest BCUT2D eigenvalue weighted by Crippen LogP contribution is -2.33. The summed E-state index contributed by atoms with van der Waals surface area (Å²) in [7, 11) is 0. The highest BCUT2D eigenvalue weighted by Gasteiger charge is 2.40. The van der Waals surface area contributed by atoms with Crippen LogP contribution in [0.5, 0.6) is 5.75 Å². The van der Waals surface area contributed by atoms with Crippen molar-refractivity contribution in [1.82, 2.24) is 0 Å². The molecule has 18 heavy (non-hydrogen) atoms. The topological polar surface area (TPSA) is 49.7 Å². The van der Waals surface area contributed by atoms with Gasteiger partial charge in [-0.2, -0.15) is 0 Å². The van der Waals surface area contributed by atoms with E-state index in [1.807, 2.05) is 31.2 Å². The number of aliphatic hydroxyl groups excluding tert-OH is 1. The number of hydrogen-bond donors (Lipinski definition) is 2. The lowest BCUT2D eigenvalue weighted by atomic mass is 9.89. The first-order valence-electron chi connectivity index (χ1n) is 6.79. The maximum Gasteiger partial charge on any atom is 0.125 e. The van der Waals surface area contributed by atoms with Crippen LogP contribution in [-0.2, 0) is 0 Å². The Morgan fingerprint density at radius 2 is 1.94 bits per heavy atom. The molecule has 3 nitrogen and oxygen atoms in total. The number of hydrogen-bond acceptors (Lipinski definition) is 3. The van der Waals surface area contributed by atoms with Crippen molar-refractivity contribution >= 4 is 0 Å². The highest BCUT2D eigenvalue weighted by Crippen LogP contribution is 2.42. The number of para-hydroxylation sites is 1. The summed E-state index contributed by atoms with van der Waals surface area (Å²) in [5.41, 5.74) is -0.276. The van der Waals surface area contributed by atoms with Gasteiger partial charge in [0, 0.05) is 5.56 Å². The van der Waals surface area contributed by atoms with E-state index >= 15 is 0 Å². The van der Waals surface area contributed by atoms with E-state index in [2.05, 4.69) is 0 Å². The van der Waals surface area contributed by atoms with Gasteiger partial charge in [0.15, 0.2) is 0 Å². The SMILES string of the molecule is CCCOc1ccccc1C(O)C1(O)CCCC1. The third-order valence-electron chi connectivity index (χ3n) is 3.65. The van der Waals surface area contributed by atoms with Gasteiger partial charge >= 0.3 is 0 Å². The average molecular weight is 250 g/mol. The van der Waals surface area contributed by atoms with Gasteiger partial charge in [0.2, 0.25) is 0 Å². The van der Waals surface area contributed by atoms with Gasteiger partial charge in [-0.25, -0.2) is 0 Å². The highest BCUT2D eigenvalue weighted by atomic mass is 16.5. The number of benzene rings is 1. The Morgan fingerprint density at radius 1 is 1.28 bits per heavy atom. The third-order valence-corrected chi connectivity index (χ3v) is 3.65. The zero-order valence-corrected chi connectivity index (χ0v) is 10.9. The molecule has 0 bridgehead atoms. The van der Waals surface area contributed by atoms with Crippen molar-refractivity contribution in [1.29, 1.82) is 0 Å². The molecule has 1 aliphatic carbocycles. The van der Waals surface area contributed by atoms with Crippen LogP contribution in [-0.4, -0.2) is 22.4 Å². The van der Waals surface area contributed by atoms with E-state index in [1.54, 1.807) is 0 Å². The summed E-state index contributed by atoms with van der Waals surface area (Å²) < 4.78 is 5.64. The average Bonchev–Trinajstić information content (AvgIpc) is 2.84. The summed E-state index contributed by atoms with van der Waals surface area (Å²) in [5, 5.41) is 20.9. The Labute approximate surface area is 108 Å². The van der Waals surface area contributed by atoms with Gasteiger partial charge in [-0.1, -0.05) is 38.0 Å². The van der Waals surface area contributed by atoms with Crippen LogP contribution < -0.4 is 4.74 Å². The molecule has 1 unspecified atom stereocenters. The molecule has 1 atom stereocenters. The van der Waals surface area contributed by atoms with Crippen LogP contribution in [0.1, 0.15) is 50.7 Å². The molecule has 0 amide bonds. The quantitative estimate of drug-likeness (QED) is 0.845. The summed E-state index contributed by atoms with van der Waals surface area (Å²) in [4.78, 5) is 0. The van der Waals surface area contributed by atoms with Crippen molar-refractivity contribution in [2.24, 2.45) is 0 Å². The van der Waals surface area contributed by atoms with Crippen LogP contribution in [0, 0.1) is 0 Å². The largest absolute Gasteiger partial charge is 0.493 e. The molecule has 1 aromatic carbocycles. The summed E-state index contributed by atoms with van der Waals surface area (Å²) in [5.74, 6) is 0.687. The molecule has 2 rings (SSSR count). The van der Waals surface area contributed by atoms with Gasteiger partial charge in [0.25, 0.3) is 0 Å². The van der Waals surface area contributed by atoms with E-state index in [1.165, 1.54) is 0 Å². The minimum atomic E-state index is -0.980. The molecule has 0 aromatic heterocycles. The van der Waals surface area contributed by atoms with E-state index in [-0.39, 0.29) is 0 Å². The van der Waals surface area contributed by atoms with Crippen molar-refractivity contribution in [3.63, 3.8) is 0 Å². The molecule has 100 valence electrons. The standard InChI is InChI=1S/C15H22O3/c1-2-11-18-13-8-4-3-7-12(13)14(16)15(17)9-5-6-10-15/h3-4,7-8,14,16-17H,2,5-6,9-11H2,1H3. The van der Waals surface area contributed by atoms with E-state index in [4.69, 9.17) is 4.74 Å². The molecule has 2 N–H and O–H groups in total. The monoisotopic (exact) mass is 250 g/mol. The van der Waals surface area contributed by atoms with Crippen LogP contribution >= 0.6 is 0 Å². The molecule has 0 heterocycles. The molecule has 0 aliphatic heterocycles. The fourth-order valence-corrected chi connectivity index (χ4v) is 2.60. The Balaban J connectivity index is 2.21. The number of ether oxygens (including phenoxy) is 1. The summed E-state index contributed by atoms with van der Waals surface area (Å²) >= 11 is 0. The van der Waals surface area contributed by atoms with Gasteiger partial charge in [-0.15, -0.1) is 0 Å². The zero-order chi connectivity index (χ0) is 13.0. The summed E-state index contributed by atoms with van der Waals surface area (Å²) in [6.45, 7) is 2.67. The van der Waals surface area contributed by atoms with Gasteiger partial charge in [-0.3, -0.25) is 0 Å². The van der Waals surface area contributed by atoms with Crippen molar-refractivity contribution in [3.8, 4) is 5.75 Å². The second kappa shape index (κ2) is 5.72. The summed E-state index contributed by atoms with van der Waals surface area (Å²) in [6.07, 6.45) is 3.35. The summed E-state index contributed by atoms with van der Waals surface area (Å²) in [6, 6.07) is 7.45. The second-order valence-corrected chi connectivity index (χ2v) is 5.10. The molecular weight excluding hydrogens is 228 g/mol. The molecule has 0 saturated heterocycles. The Hall–Kier alpha value is -1.06. The predicted octanol–water partition coefficient (Wildman–Crippen LogP) is 2.81. The molecule has 1 aromatic rings. The smallest absolute Gasteiger partial charge is 0.125 e. The van der Waals surface area contributed by atoms with Crippen LogP contribution in [0.4, 0.5) is 0 Å². The number of aliphatic hydroxyl groups is 2. The van der Waals surface area contributed by atoms with E-state index in [0.29, 0.717) is 30.8 Å². The van der Waals surface area contributed by atoms with Crippen LogP contribution in [0.25, 0.3) is 0 Å². The van der Waals surface area contributed by atoms with Crippen molar-refractivity contribution < 1.29 is 14.9 Å². The van der Waals surface area contributed by atoms with Crippen molar-refractivity contribution in [2.75, 3.05) is 6.61 Å². The molecular formula is C15H22O3. The molecule has 1 saturated carbocycles. The predicted molar refractivity (Wildman–Crippen MR) is 70.6 cm³/mol. The Kier molecular flexibility index (Phi) is 4.25. The number of rotatable bonds is 5. The lowest BCUT2D eigenvalue weighted by Gasteiger charge is -2.29. The lowest BCUT2D eigenvalue weighted by molar-refractivity contribution is -0.0728. The molecule has 1 fully saturated rings. The second-order valence-electron chi connectivity index (χ2n) is 5.10. The molecule has 3 heteroatoms. The normalized spacial score (nSPS) is 19.7. The first kappa shape index (κ1) is 13.4. The van der Waals surface area contributed by atoms with Crippen molar-refractivity contribution in [2.45, 2.75) is 50.7 Å². The Bertz CT molecular complexity index is 383. The van der Waals surface area contributed by atoms with E-state index in [0.717, 1.165) is 19.3 Å². The van der Waals surface area contributed by atoms with Crippen LogP contribution in [0.2, 0.25) is 0 Å². The van der Waals surface area contributed by atoms with Crippen LogP contribution in [0.3, 0.4) is 0 Å². The first-order valence-corrected chi connectivity index (χ1v) is 6.79. The minimum absolute atomic E-state index is 0.627. The maximum atomic E-state index is 10.5. The molecule has 0 radical (unpaired) electrons. The highest BCUT2D eigenvalue weighted by molar-refractivity contribution is 5.36. The molecule has 0 spiro atoms. The van der Waals surface area contributed by atoms with Crippen molar-refractivity contribution in [3.05, 3.63) is 29.8 Å². The third kappa shape index (κ3) is 2.68. The van der Waals surface area contributed by atoms with Crippen LogP contribution in [0.15, 0.2) is 24.3 Å². The Morgan fingerprint density at radius 3 is 2.61 bits per heavy atom. The van der Waals surface area contributed by atoms with E-state index in [9.17, 15) is 10.2 Å². The van der Waals surface area contributed by atoms with Gasteiger partial charge < -0.3 is 14.9 Å². The fourth-order valence-electron chi connectivity index (χ4n) is 2.60. The van der Waals surface area contributed by atoms with E-state index < -0.39 is 11.7 Å².